The van der Waals surface area contributed by atoms with E-state index in [4.69, 9.17) is 0 Å². The largest absolute Gasteiger partial charge is 0.311 e. The molecule has 0 unspecified atom stereocenters. The minimum Gasteiger partial charge on any atom is -0.311 e. The molecule has 0 spiro atoms. The van der Waals surface area contributed by atoms with Crippen LogP contribution in [0.5, 0.6) is 0 Å². The summed E-state index contributed by atoms with van der Waals surface area (Å²) in [7, 11) is 0. The Morgan fingerprint density at radius 1 is 0.298 bits per heavy atom. The van der Waals surface area contributed by atoms with Crippen molar-refractivity contribution in [1.29, 1.82) is 0 Å². The second-order valence-electron chi connectivity index (χ2n) is 13.3. The first-order valence-electron chi connectivity index (χ1n) is 24.5. The highest BCUT2D eigenvalue weighted by Gasteiger charge is 2.18. The molecule has 0 atom stereocenters. The zero-order valence-electron chi connectivity index (χ0n) is 42.4. The molecule has 57 heavy (non-hydrogen) atoms. The lowest BCUT2D eigenvalue weighted by atomic mass is 9.99. The number of rotatable bonds is 9. The van der Waals surface area contributed by atoms with Gasteiger partial charge in [-0.3, -0.25) is 0 Å². The fourth-order valence-electron chi connectivity index (χ4n) is 7.15. The van der Waals surface area contributed by atoms with Crippen LogP contribution in [0.2, 0.25) is 0 Å². The summed E-state index contributed by atoms with van der Waals surface area (Å²) >= 11 is 0. The molecule has 0 fully saturated rings. The number of para-hydroxylation sites is 5. The average molecular weight is 742 g/mol. The van der Waals surface area contributed by atoms with Gasteiger partial charge in [-0.25, -0.2) is 0 Å². The van der Waals surface area contributed by atoms with Gasteiger partial charge in [-0.2, -0.15) is 0 Å². The minimum absolute atomic E-state index is 0.0928. The molecule has 0 amide bonds. The number of hydrogen-bond donors (Lipinski definition) is 0. The Hall–Kier alpha value is -7.62. The number of fused-ring (bicyclic) bond motifs is 3. The van der Waals surface area contributed by atoms with Crippen molar-refractivity contribution < 1.29 is 16.4 Å². The molecule has 1 aromatic heterocycles. The van der Waals surface area contributed by atoms with Crippen molar-refractivity contribution >= 4 is 55.9 Å². The molecule has 3 heteroatoms. The smallest absolute Gasteiger partial charge is 0.0645 e. The van der Waals surface area contributed by atoms with Crippen molar-refractivity contribution in [1.82, 2.24) is 4.57 Å². The monoisotopic (exact) mass is 741 g/mol. The highest BCUT2D eigenvalue weighted by Crippen LogP contribution is 2.41. The van der Waals surface area contributed by atoms with Gasteiger partial charge < -0.3 is 14.4 Å². The number of nitrogens with zero attached hydrogens (tertiary/aromatic N) is 3. The first kappa shape index (κ1) is 23.3. The molecule has 1 heterocycles. The third-order valence-electron chi connectivity index (χ3n) is 9.77. The molecule has 0 aliphatic heterocycles. The van der Waals surface area contributed by atoms with Crippen LogP contribution in [0.1, 0.15) is 16.4 Å². The summed E-state index contributed by atoms with van der Waals surface area (Å²) in [6, 6.07) is 43.0. The van der Waals surface area contributed by atoms with E-state index in [-0.39, 0.29) is 11.4 Å². The van der Waals surface area contributed by atoms with Crippen LogP contribution in [-0.2, 0) is 0 Å². The summed E-state index contributed by atoms with van der Waals surface area (Å²) in [5, 5.41) is 1.97. The van der Waals surface area contributed by atoms with E-state index in [0.717, 1.165) is 27.5 Å². The Balaban J connectivity index is 1.14. The highest BCUT2D eigenvalue weighted by atomic mass is 15.1. The number of hydrogen-bond acceptors (Lipinski definition) is 2. The molecular formula is C54H39N3. The lowest BCUT2D eigenvalue weighted by molar-refractivity contribution is 1.18. The molecule has 0 saturated heterocycles. The van der Waals surface area contributed by atoms with Crippen LogP contribution in [0, 0.1) is 0 Å². The number of anilines is 6. The first-order valence-corrected chi connectivity index (χ1v) is 18.5. The van der Waals surface area contributed by atoms with Gasteiger partial charge in [-0.1, -0.05) is 145 Å². The zero-order chi connectivity index (χ0) is 48.4. The first-order chi connectivity index (χ1) is 33.3. The highest BCUT2D eigenvalue weighted by molar-refractivity contribution is 6.10. The predicted molar refractivity (Wildman–Crippen MR) is 241 cm³/mol. The van der Waals surface area contributed by atoms with E-state index in [1.54, 1.807) is 82.6 Å². The SMILES string of the molecule is [2H]c1c([2H])c(-c2c([2H])c([2H])c(N(c3ccccc3)c3ccc4c5ccccc5n(-c5ccccc5)c4c3)c([2H])c2[2H])c([2H])c([2H])c1-c1c([2H])c([2H])c(N(c2ccccc2)c2ccccc2)c([2H])c1[2H]. The molecule has 270 valence electrons. The zero-order valence-corrected chi connectivity index (χ0v) is 30.4. The summed E-state index contributed by atoms with van der Waals surface area (Å²) in [6.07, 6.45) is 0. The Kier molecular flexibility index (Phi) is 6.10. The Labute approximate surface area is 350 Å². The van der Waals surface area contributed by atoms with Crippen molar-refractivity contribution in [3.63, 3.8) is 0 Å². The van der Waals surface area contributed by atoms with E-state index in [0.29, 0.717) is 22.7 Å². The topological polar surface area (TPSA) is 11.4 Å². The van der Waals surface area contributed by atoms with E-state index in [1.807, 2.05) is 91.0 Å². The molecule has 10 rings (SSSR count). The summed E-state index contributed by atoms with van der Waals surface area (Å²) in [6.45, 7) is 0. The summed E-state index contributed by atoms with van der Waals surface area (Å²) in [4.78, 5) is 3.22. The number of aromatic nitrogens is 1. The minimum atomic E-state index is -0.741. The van der Waals surface area contributed by atoms with Crippen LogP contribution in [0.4, 0.5) is 34.1 Å². The third-order valence-corrected chi connectivity index (χ3v) is 9.77. The lowest BCUT2D eigenvalue weighted by Gasteiger charge is -2.26. The second-order valence-corrected chi connectivity index (χ2v) is 13.3. The van der Waals surface area contributed by atoms with Gasteiger partial charge in [0.15, 0.2) is 0 Å². The van der Waals surface area contributed by atoms with Crippen molar-refractivity contribution in [2.75, 3.05) is 9.80 Å². The maximum Gasteiger partial charge on any atom is 0.0645 e. The van der Waals surface area contributed by atoms with E-state index in [2.05, 4.69) is 4.57 Å². The molecule has 0 aliphatic carbocycles. The normalized spacial score (nSPS) is 14.1. The fraction of sp³-hybridized carbons (Fsp3) is 0. The summed E-state index contributed by atoms with van der Waals surface area (Å²) < 4.78 is 114. The molecule has 3 nitrogen and oxygen atoms in total. The molecule has 10 aromatic rings. The Morgan fingerprint density at radius 2 is 0.667 bits per heavy atom. The van der Waals surface area contributed by atoms with Gasteiger partial charge in [-0.15, -0.1) is 0 Å². The predicted octanol–water partition coefficient (Wildman–Crippen LogP) is 15.1. The lowest BCUT2D eigenvalue weighted by Crippen LogP contribution is -2.10. The van der Waals surface area contributed by atoms with Crippen LogP contribution in [0.15, 0.2) is 236 Å². The van der Waals surface area contributed by atoms with Gasteiger partial charge in [0, 0.05) is 50.6 Å². The number of benzene rings is 9. The summed E-state index contributed by atoms with van der Waals surface area (Å²) in [5.41, 5.74) is 2.72. The van der Waals surface area contributed by atoms with Gasteiger partial charge >= 0.3 is 0 Å². The van der Waals surface area contributed by atoms with Gasteiger partial charge in [-0.05, 0) is 113 Å². The molecule has 0 aliphatic rings. The van der Waals surface area contributed by atoms with Crippen LogP contribution in [0.3, 0.4) is 0 Å². The molecule has 0 bridgehead atoms. The fourth-order valence-corrected chi connectivity index (χ4v) is 7.15. The second kappa shape index (κ2) is 14.9. The van der Waals surface area contributed by atoms with Crippen molar-refractivity contribution in [2.45, 2.75) is 0 Å². The molecule has 0 radical (unpaired) electrons. The standard InChI is InChI=1S/C54H39N3/c1-5-15-44(16-6-1)55(45-17-7-2-8-18-45)48-33-29-42(30-34-48)40-25-27-41(28-26-40)43-31-35-49(36-32-43)56(46-19-9-3-10-20-46)50-37-38-52-51-23-13-14-24-53(51)57(54(52)39-50)47-21-11-4-12-22-47/h1-39H/i25D,26D,27D,28D,29D,30D,31D,32D,33D,34D,35D,36D. The third kappa shape index (κ3) is 6.52. The Bertz CT molecular complexity index is 3520. The van der Waals surface area contributed by atoms with Crippen LogP contribution < -0.4 is 9.80 Å². The molecule has 9 aromatic carbocycles. The maximum absolute atomic E-state index is 9.54. The van der Waals surface area contributed by atoms with E-state index >= 15 is 0 Å². The van der Waals surface area contributed by atoms with Crippen molar-refractivity contribution in [3.05, 3.63) is 236 Å². The summed E-state index contributed by atoms with van der Waals surface area (Å²) in [5.74, 6) is 0. The molecular weight excluding hydrogens is 691 g/mol. The molecule has 0 saturated carbocycles. The maximum atomic E-state index is 9.54. The van der Waals surface area contributed by atoms with Gasteiger partial charge in [0.05, 0.1) is 27.5 Å². The quantitative estimate of drug-likeness (QED) is 0.146. The van der Waals surface area contributed by atoms with E-state index in [1.165, 1.54) is 0 Å². The Morgan fingerprint density at radius 3 is 1.14 bits per heavy atom. The van der Waals surface area contributed by atoms with Gasteiger partial charge in [0.25, 0.3) is 0 Å². The van der Waals surface area contributed by atoms with Gasteiger partial charge in [0.1, 0.15) is 0 Å². The molecule has 0 N–H and O–H groups in total. The van der Waals surface area contributed by atoms with E-state index < -0.39 is 94.8 Å². The van der Waals surface area contributed by atoms with Gasteiger partial charge in [0.2, 0.25) is 0 Å². The van der Waals surface area contributed by atoms with Crippen LogP contribution >= 0.6 is 0 Å². The van der Waals surface area contributed by atoms with E-state index in [9.17, 15) is 16.4 Å². The average Bonchev–Trinajstić information content (AvgIpc) is 3.71. The van der Waals surface area contributed by atoms with Crippen LogP contribution in [-0.4, -0.2) is 4.57 Å². The van der Waals surface area contributed by atoms with Crippen molar-refractivity contribution in [3.8, 4) is 27.9 Å². The van der Waals surface area contributed by atoms with Crippen molar-refractivity contribution in [2.24, 2.45) is 0 Å². The van der Waals surface area contributed by atoms with Crippen LogP contribution in [0.25, 0.3) is 49.7 Å².